The molecule has 0 spiro atoms. The van der Waals surface area contributed by atoms with Crippen LogP contribution >= 0.6 is 0 Å². The van der Waals surface area contributed by atoms with Crippen LogP contribution in [-0.4, -0.2) is 24.9 Å². The first-order chi connectivity index (χ1) is 8.43. The van der Waals surface area contributed by atoms with Crippen molar-refractivity contribution in [1.82, 2.24) is 0 Å². The minimum Gasteiger partial charge on any atom is -0.396 e. The third-order valence-electron chi connectivity index (χ3n) is 4.73. The molecule has 0 saturated heterocycles. The summed E-state index contributed by atoms with van der Waals surface area (Å²) in [5.41, 5.74) is 0.565. The number of ether oxygens (including phenoxy) is 1. The molecule has 0 unspecified atom stereocenters. The van der Waals surface area contributed by atoms with E-state index in [2.05, 4.69) is 27.7 Å². The van der Waals surface area contributed by atoms with Crippen molar-refractivity contribution in [3.63, 3.8) is 0 Å². The SMILES string of the molecule is CCCOCCC1(CO)CCC(C(C)(C)C)CC1. The smallest absolute Gasteiger partial charge is 0.0488 e. The number of aliphatic hydroxyl groups excluding tert-OH is 1. The van der Waals surface area contributed by atoms with Crippen molar-refractivity contribution in [3.05, 3.63) is 0 Å². The van der Waals surface area contributed by atoms with Gasteiger partial charge >= 0.3 is 0 Å². The Hall–Kier alpha value is -0.0800. The molecule has 2 heteroatoms. The number of hydrogen-bond acceptors (Lipinski definition) is 2. The quantitative estimate of drug-likeness (QED) is 0.727. The summed E-state index contributed by atoms with van der Waals surface area (Å²) in [6.45, 7) is 11.2. The van der Waals surface area contributed by atoms with Crippen molar-refractivity contribution >= 4 is 0 Å². The van der Waals surface area contributed by atoms with Crippen LogP contribution in [0.1, 0.15) is 66.2 Å². The molecule has 1 fully saturated rings. The van der Waals surface area contributed by atoms with E-state index in [0.717, 1.165) is 32.0 Å². The molecule has 108 valence electrons. The lowest BCUT2D eigenvalue weighted by Crippen LogP contribution is -2.36. The van der Waals surface area contributed by atoms with Gasteiger partial charge in [-0.05, 0) is 55.3 Å². The first kappa shape index (κ1) is 16.0. The molecule has 0 bridgehead atoms. The van der Waals surface area contributed by atoms with Gasteiger partial charge in [-0.25, -0.2) is 0 Å². The standard InChI is InChI=1S/C16H32O2/c1-5-11-18-12-10-16(13-17)8-6-14(7-9-16)15(2,3)4/h14,17H,5-13H2,1-4H3. The van der Waals surface area contributed by atoms with Crippen LogP contribution in [0.4, 0.5) is 0 Å². The lowest BCUT2D eigenvalue weighted by molar-refractivity contribution is 0.00505. The Balaban J connectivity index is 2.40. The summed E-state index contributed by atoms with van der Waals surface area (Å²) < 4.78 is 5.60. The average molecular weight is 256 g/mol. The third-order valence-corrected chi connectivity index (χ3v) is 4.73. The number of rotatable bonds is 6. The topological polar surface area (TPSA) is 29.5 Å². The predicted molar refractivity (Wildman–Crippen MR) is 76.7 cm³/mol. The lowest BCUT2D eigenvalue weighted by atomic mass is 9.63. The summed E-state index contributed by atoms with van der Waals surface area (Å²) >= 11 is 0. The van der Waals surface area contributed by atoms with Crippen molar-refractivity contribution in [2.24, 2.45) is 16.7 Å². The second-order valence-corrected chi connectivity index (χ2v) is 7.16. The van der Waals surface area contributed by atoms with E-state index in [-0.39, 0.29) is 5.41 Å². The highest BCUT2D eigenvalue weighted by molar-refractivity contribution is 4.88. The van der Waals surface area contributed by atoms with Crippen LogP contribution in [0.3, 0.4) is 0 Å². The molecule has 1 rings (SSSR count). The molecule has 0 aliphatic heterocycles. The van der Waals surface area contributed by atoms with Gasteiger partial charge in [0.2, 0.25) is 0 Å². The molecule has 0 radical (unpaired) electrons. The van der Waals surface area contributed by atoms with Crippen molar-refractivity contribution < 1.29 is 9.84 Å². The van der Waals surface area contributed by atoms with E-state index in [4.69, 9.17) is 4.74 Å². The van der Waals surface area contributed by atoms with E-state index in [1.54, 1.807) is 0 Å². The van der Waals surface area contributed by atoms with E-state index >= 15 is 0 Å². The van der Waals surface area contributed by atoms with Gasteiger partial charge in [0.25, 0.3) is 0 Å². The van der Waals surface area contributed by atoms with Crippen LogP contribution in [0.15, 0.2) is 0 Å². The Labute approximate surface area is 113 Å². The molecular weight excluding hydrogens is 224 g/mol. The fraction of sp³-hybridized carbons (Fsp3) is 1.00. The van der Waals surface area contributed by atoms with Crippen LogP contribution in [0.25, 0.3) is 0 Å². The van der Waals surface area contributed by atoms with Crippen molar-refractivity contribution in [3.8, 4) is 0 Å². The van der Waals surface area contributed by atoms with E-state index in [1.165, 1.54) is 25.7 Å². The van der Waals surface area contributed by atoms with Crippen LogP contribution in [-0.2, 0) is 4.74 Å². The fourth-order valence-electron chi connectivity index (χ4n) is 3.12. The maximum atomic E-state index is 9.73. The molecule has 1 aliphatic rings. The molecule has 1 N–H and O–H groups in total. The van der Waals surface area contributed by atoms with Gasteiger partial charge < -0.3 is 9.84 Å². The average Bonchev–Trinajstić information content (AvgIpc) is 2.34. The molecule has 0 amide bonds. The molecule has 0 aromatic carbocycles. The van der Waals surface area contributed by atoms with Gasteiger partial charge in [0.05, 0.1) is 0 Å². The number of aliphatic hydroxyl groups is 1. The minimum atomic E-state index is 0.148. The molecule has 1 saturated carbocycles. The second-order valence-electron chi connectivity index (χ2n) is 7.16. The molecular formula is C16H32O2. The molecule has 0 aromatic rings. The van der Waals surface area contributed by atoms with Crippen molar-refractivity contribution in [1.29, 1.82) is 0 Å². The zero-order valence-corrected chi connectivity index (χ0v) is 12.8. The predicted octanol–water partition coefficient (Wildman–Crippen LogP) is 4.02. The Bertz CT molecular complexity index is 222. The van der Waals surface area contributed by atoms with Gasteiger partial charge in [-0.15, -0.1) is 0 Å². The summed E-state index contributed by atoms with van der Waals surface area (Å²) in [7, 11) is 0. The normalized spacial score (nSPS) is 29.5. The van der Waals surface area contributed by atoms with E-state index in [9.17, 15) is 5.11 Å². The van der Waals surface area contributed by atoms with E-state index in [0.29, 0.717) is 12.0 Å². The summed E-state index contributed by atoms with van der Waals surface area (Å²) in [4.78, 5) is 0. The van der Waals surface area contributed by atoms with Crippen molar-refractivity contribution in [2.45, 2.75) is 66.2 Å². The summed E-state index contributed by atoms with van der Waals surface area (Å²) in [5.74, 6) is 0.814. The van der Waals surface area contributed by atoms with E-state index < -0.39 is 0 Å². The fourth-order valence-corrected chi connectivity index (χ4v) is 3.12. The largest absolute Gasteiger partial charge is 0.396 e. The van der Waals surface area contributed by atoms with Crippen LogP contribution < -0.4 is 0 Å². The highest BCUT2D eigenvalue weighted by Crippen LogP contribution is 2.46. The van der Waals surface area contributed by atoms with Crippen molar-refractivity contribution in [2.75, 3.05) is 19.8 Å². The third kappa shape index (κ3) is 4.55. The first-order valence-electron chi connectivity index (χ1n) is 7.62. The van der Waals surface area contributed by atoms with Gasteiger partial charge in [0, 0.05) is 19.8 Å². The second kappa shape index (κ2) is 6.91. The van der Waals surface area contributed by atoms with Crippen LogP contribution in [0.2, 0.25) is 0 Å². The zero-order chi connectivity index (χ0) is 13.6. The lowest BCUT2D eigenvalue weighted by Gasteiger charge is -2.43. The Morgan fingerprint density at radius 3 is 2.22 bits per heavy atom. The zero-order valence-electron chi connectivity index (χ0n) is 12.8. The van der Waals surface area contributed by atoms with Gasteiger partial charge in [-0.3, -0.25) is 0 Å². The molecule has 0 aromatic heterocycles. The Morgan fingerprint density at radius 1 is 1.17 bits per heavy atom. The van der Waals surface area contributed by atoms with Crippen LogP contribution in [0.5, 0.6) is 0 Å². The summed E-state index contributed by atoms with van der Waals surface area (Å²) in [6, 6.07) is 0. The monoisotopic (exact) mass is 256 g/mol. The molecule has 1 aliphatic carbocycles. The van der Waals surface area contributed by atoms with Gasteiger partial charge in [-0.2, -0.15) is 0 Å². The molecule has 18 heavy (non-hydrogen) atoms. The maximum Gasteiger partial charge on any atom is 0.0488 e. The number of hydrogen-bond donors (Lipinski definition) is 1. The molecule has 0 atom stereocenters. The minimum absolute atomic E-state index is 0.148. The van der Waals surface area contributed by atoms with E-state index in [1.807, 2.05) is 0 Å². The molecule has 2 nitrogen and oxygen atoms in total. The first-order valence-corrected chi connectivity index (χ1v) is 7.62. The Morgan fingerprint density at radius 2 is 1.78 bits per heavy atom. The summed E-state index contributed by atoms with van der Waals surface area (Å²) in [5, 5.41) is 9.73. The highest BCUT2D eigenvalue weighted by Gasteiger charge is 2.37. The van der Waals surface area contributed by atoms with Gasteiger partial charge in [-0.1, -0.05) is 27.7 Å². The van der Waals surface area contributed by atoms with Gasteiger partial charge in [0.1, 0.15) is 0 Å². The molecule has 0 heterocycles. The highest BCUT2D eigenvalue weighted by atomic mass is 16.5. The van der Waals surface area contributed by atoms with Gasteiger partial charge in [0.15, 0.2) is 0 Å². The Kier molecular flexibility index (Phi) is 6.13. The summed E-state index contributed by atoms with van der Waals surface area (Å²) in [6.07, 6.45) is 6.97. The maximum absolute atomic E-state index is 9.73. The van der Waals surface area contributed by atoms with Crippen LogP contribution in [0, 0.1) is 16.7 Å².